The normalized spacial score (nSPS) is 22.6. The summed E-state index contributed by atoms with van der Waals surface area (Å²) in [7, 11) is 0. The number of halogens is 3. The van der Waals surface area contributed by atoms with Crippen molar-refractivity contribution in [2.24, 2.45) is 5.92 Å². The van der Waals surface area contributed by atoms with Crippen LogP contribution >= 0.6 is 0 Å². The van der Waals surface area contributed by atoms with Crippen molar-refractivity contribution in [3.63, 3.8) is 0 Å². The van der Waals surface area contributed by atoms with Gasteiger partial charge in [0, 0.05) is 50.6 Å². The summed E-state index contributed by atoms with van der Waals surface area (Å²) in [5.41, 5.74) is 1.85. The van der Waals surface area contributed by atoms with Gasteiger partial charge in [-0.3, -0.25) is 9.69 Å². The summed E-state index contributed by atoms with van der Waals surface area (Å²) in [6.07, 6.45) is -3.27. The van der Waals surface area contributed by atoms with Gasteiger partial charge in [0.1, 0.15) is 0 Å². The largest absolute Gasteiger partial charge is 0.416 e. The summed E-state index contributed by atoms with van der Waals surface area (Å²) in [6, 6.07) is 13.9. The highest BCUT2D eigenvalue weighted by Gasteiger charge is 2.42. The minimum Gasteiger partial charge on any atom is -0.379 e. The SMILES string of the molecule is O=C(NCCCN1CCOCC1)[C@H]1Cc2cc(C(F)(F)F)ccc2N2CCN(c3ccccc3)C[C@@H]12. The number of nitrogens with zero attached hydrogens (tertiary/aromatic N) is 3. The molecule has 5 rings (SSSR count). The van der Waals surface area contributed by atoms with Crippen LogP contribution in [0.2, 0.25) is 0 Å². The van der Waals surface area contributed by atoms with Gasteiger partial charge in [-0.05, 0) is 55.3 Å². The first-order valence-electron chi connectivity index (χ1n) is 12.7. The maximum atomic E-state index is 13.4. The first-order chi connectivity index (χ1) is 17.4. The Morgan fingerprint density at radius 3 is 2.56 bits per heavy atom. The summed E-state index contributed by atoms with van der Waals surface area (Å²) in [5, 5.41) is 3.09. The molecule has 2 aromatic rings. The molecule has 3 heterocycles. The average Bonchev–Trinajstić information content (AvgIpc) is 2.90. The maximum Gasteiger partial charge on any atom is 0.416 e. The van der Waals surface area contributed by atoms with E-state index >= 15 is 0 Å². The van der Waals surface area contributed by atoms with E-state index in [4.69, 9.17) is 4.74 Å². The molecule has 0 aliphatic carbocycles. The zero-order chi connectivity index (χ0) is 25.1. The summed E-state index contributed by atoms with van der Waals surface area (Å²) >= 11 is 0. The number of fused-ring (bicyclic) bond motifs is 3. The number of alkyl halides is 3. The van der Waals surface area contributed by atoms with E-state index in [1.807, 2.05) is 18.2 Å². The van der Waals surface area contributed by atoms with Gasteiger partial charge in [-0.15, -0.1) is 0 Å². The number of para-hydroxylation sites is 1. The lowest BCUT2D eigenvalue weighted by atomic mass is 9.82. The van der Waals surface area contributed by atoms with Crippen molar-refractivity contribution in [3.8, 4) is 0 Å². The molecule has 36 heavy (non-hydrogen) atoms. The van der Waals surface area contributed by atoms with Crippen LogP contribution in [0.15, 0.2) is 48.5 Å². The van der Waals surface area contributed by atoms with Gasteiger partial charge in [0.25, 0.3) is 0 Å². The van der Waals surface area contributed by atoms with Gasteiger partial charge in [0.2, 0.25) is 5.91 Å². The Bertz CT molecular complexity index is 1040. The number of rotatable bonds is 6. The number of hydrogen-bond acceptors (Lipinski definition) is 5. The van der Waals surface area contributed by atoms with Crippen molar-refractivity contribution in [1.82, 2.24) is 10.2 Å². The fourth-order valence-corrected chi connectivity index (χ4v) is 5.64. The maximum absolute atomic E-state index is 13.4. The molecule has 2 aromatic carbocycles. The van der Waals surface area contributed by atoms with E-state index < -0.39 is 17.7 Å². The number of carbonyl (C=O) groups is 1. The van der Waals surface area contributed by atoms with E-state index in [1.54, 1.807) is 6.07 Å². The average molecular weight is 503 g/mol. The second kappa shape index (κ2) is 10.7. The topological polar surface area (TPSA) is 48.1 Å². The highest BCUT2D eigenvalue weighted by molar-refractivity contribution is 5.82. The van der Waals surface area contributed by atoms with Crippen LogP contribution in [0.4, 0.5) is 24.5 Å². The standard InChI is InChI=1S/C27H33F3N4O2/c28-27(29,30)21-7-8-24-20(17-21)18-23(26(35)31-9-4-10-32-13-15-36-16-14-32)25-19-33(11-12-34(24)25)22-5-2-1-3-6-22/h1-3,5-8,17,23,25H,4,9-16,18-19H2,(H,31,35)/t23-,25-/m0/s1. The highest BCUT2D eigenvalue weighted by Crippen LogP contribution is 2.40. The smallest absolute Gasteiger partial charge is 0.379 e. The van der Waals surface area contributed by atoms with Gasteiger partial charge in [-0.2, -0.15) is 13.2 Å². The number of carbonyl (C=O) groups excluding carboxylic acids is 1. The van der Waals surface area contributed by atoms with Crippen LogP contribution in [-0.2, 0) is 22.1 Å². The molecule has 0 aromatic heterocycles. The third-order valence-corrected chi connectivity index (χ3v) is 7.55. The molecule has 1 amide bonds. The molecule has 6 nitrogen and oxygen atoms in total. The molecule has 9 heteroatoms. The van der Waals surface area contributed by atoms with E-state index in [2.05, 4.69) is 32.1 Å². The minimum absolute atomic E-state index is 0.0787. The first kappa shape index (κ1) is 24.9. The van der Waals surface area contributed by atoms with Gasteiger partial charge in [-0.1, -0.05) is 18.2 Å². The number of ether oxygens (including phenoxy) is 1. The van der Waals surface area contributed by atoms with Gasteiger partial charge in [0.15, 0.2) is 0 Å². The predicted octanol–water partition coefficient (Wildman–Crippen LogP) is 3.41. The van der Waals surface area contributed by atoms with E-state index in [-0.39, 0.29) is 11.9 Å². The predicted molar refractivity (Wildman–Crippen MR) is 133 cm³/mol. The number of hydrogen-bond donors (Lipinski definition) is 1. The number of amides is 1. The third kappa shape index (κ3) is 5.47. The second-order valence-corrected chi connectivity index (χ2v) is 9.79. The molecular weight excluding hydrogens is 469 g/mol. The van der Waals surface area contributed by atoms with Crippen molar-refractivity contribution in [2.75, 3.05) is 68.8 Å². The van der Waals surface area contributed by atoms with Crippen LogP contribution in [0.25, 0.3) is 0 Å². The van der Waals surface area contributed by atoms with Crippen LogP contribution in [0, 0.1) is 5.92 Å². The molecule has 1 N–H and O–H groups in total. The van der Waals surface area contributed by atoms with Crippen LogP contribution in [0.5, 0.6) is 0 Å². The van der Waals surface area contributed by atoms with E-state index in [0.29, 0.717) is 31.6 Å². The second-order valence-electron chi connectivity index (χ2n) is 9.79. The molecule has 2 fully saturated rings. The number of piperazine rings is 1. The number of anilines is 2. The summed E-state index contributed by atoms with van der Waals surface area (Å²) in [5.74, 6) is -0.499. The molecule has 0 spiro atoms. The van der Waals surface area contributed by atoms with Crippen molar-refractivity contribution in [1.29, 1.82) is 0 Å². The molecule has 3 aliphatic rings. The Labute approximate surface area is 210 Å². The van der Waals surface area contributed by atoms with Crippen molar-refractivity contribution >= 4 is 17.3 Å². The zero-order valence-corrected chi connectivity index (χ0v) is 20.3. The number of benzene rings is 2. The van der Waals surface area contributed by atoms with Crippen LogP contribution < -0.4 is 15.1 Å². The molecule has 0 bridgehead atoms. The Hall–Kier alpha value is -2.78. The molecule has 3 aliphatic heterocycles. The molecule has 194 valence electrons. The first-order valence-corrected chi connectivity index (χ1v) is 12.7. The Morgan fingerprint density at radius 1 is 1.03 bits per heavy atom. The van der Waals surface area contributed by atoms with Crippen molar-refractivity contribution in [3.05, 3.63) is 59.7 Å². The fourth-order valence-electron chi connectivity index (χ4n) is 5.64. The molecule has 2 atom stereocenters. The van der Waals surface area contributed by atoms with Gasteiger partial charge >= 0.3 is 6.18 Å². The van der Waals surface area contributed by atoms with Crippen LogP contribution in [0.1, 0.15) is 17.5 Å². The Morgan fingerprint density at radius 2 is 1.81 bits per heavy atom. The highest BCUT2D eigenvalue weighted by atomic mass is 19.4. The fraction of sp³-hybridized carbons (Fsp3) is 0.519. The molecular formula is C27H33F3N4O2. The summed E-state index contributed by atoms with van der Waals surface area (Å²) in [6.45, 7) is 6.78. The zero-order valence-electron chi connectivity index (χ0n) is 20.3. The van der Waals surface area contributed by atoms with Crippen molar-refractivity contribution in [2.45, 2.75) is 25.1 Å². The van der Waals surface area contributed by atoms with E-state index in [1.165, 1.54) is 6.07 Å². The molecule has 0 radical (unpaired) electrons. The lowest BCUT2D eigenvalue weighted by molar-refractivity contribution is -0.137. The Balaban J connectivity index is 1.32. The third-order valence-electron chi connectivity index (χ3n) is 7.55. The minimum atomic E-state index is -4.41. The monoisotopic (exact) mass is 502 g/mol. The van der Waals surface area contributed by atoms with Gasteiger partial charge in [-0.25, -0.2) is 0 Å². The van der Waals surface area contributed by atoms with E-state index in [9.17, 15) is 18.0 Å². The van der Waals surface area contributed by atoms with E-state index in [0.717, 1.165) is 63.3 Å². The quantitative estimate of drug-likeness (QED) is 0.614. The lowest BCUT2D eigenvalue weighted by Gasteiger charge is -2.49. The Kier molecular flexibility index (Phi) is 7.39. The van der Waals surface area contributed by atoms with Gasteiger partial charge < -0.3 is 19.9 Å². The lowest BCUT2D eigenvalue weighted by Crippen LogP contribution is -2.61. The summed E-state index contributed by atoms with van der Waals surface area (Å²) < 4.78 is 45.7. The van der Waals surface area contributed by atoms with Crippen LogP contribution in [0.3, 0.4) is 0 Å². The summed E-state index contributed by atoms with van der Waals surface area (Å²) in [4.78, 5) is 20.2. The van der Waals surface area contributed by atoms with Crippen LogP contribution in [-0.4, -0.2) is 75.9 Å². The molecule has 0 unspecified atom stereocenters. The van der Waals surface area contributed by atoms with Gasteiger partial charge in [0.05, 0.1) is 30.7 Å². The van der Waals surface area contributed by atoms with Crippen molar-refractivity contribution < 1.29 is 22.7 Å². The molecule has 2 saturated heterocycles. The molecule has 0 saturated carbocycles. The number of nitrogens with one attached hydrogen (secondary N) is 1. The number of morpholine rings is 1.